The summed E-state index contributed by atoms with van der Waals surface area (Å²) in [6.07, 6.45) is 1.69. The summed E-state index contributed by atoms with van der Waals surface area (Å²) in [6.45, 7) is 2.03. The summed E-state index contributed by atoms with van der Waals surface area (Å²) < 4.78 is 1.05. The number of aromatic nitrogens is 1. The average molecular weight is 322 g/mol. The molecule has 3 nitrogen and oxygen atoms in total. The summed E-state index contributed by atoms with van der Waals surface area (Å²) >= 11 is 8.38. The molecule has 18 heavy (non-hydrogen) atoms. The first-order valence-electron chi connectivity index (χ1n) is 5.35. The highest BCUT2D eigenvalue weighted by molar-refractivity contribution is 9.10. The highest BCUT2D eigenvalue weighted by Gasteiger charge is 2.03. The van der Waals surface area contributed by atoms with Gasteiger partial charge in [0.25, 0.3) is 0 Å². The second-order valence-corrected chi connectivity index (χ2v) is 5.23. The van der Waals surface area contributed by atoms with Crippen LogP contribution in [0.5, 0.6) is 0 Å². The van der Waals surface area contributed by atoms with Crippen molar-refractivity contribution in [3.05, 3.63) is 52.1 Å². The van der Waals surface area contributed by atoms with Gasteiger partial charge in [-0.05, 0) is 42.8 Å². The van der Waals surface area contributed by atoms with E-state index in [0.29, 0.717) is 4.99 Å². The number of benzene rings is 1. The van der Waals surface area contributed by atoms with Gasteiger partial charge in [0.15, 0.2) is 0 Å². The molecule has 0 atom stereocenters. The number of nitrogens with one attached hydrogen (secondary N) is 1. The molecule has 1 heterocycles. The molecule has 0 aliphatic carbocycles. The summed E-state index contributed by atoms with van der Waals surface area (Å²) in [5.41, 5.74) is 8.54. The minimum Gasteiger partial charge on any atom is -0.389 e. The summed E-state index contributed by atoms with van der Waals surface area (Å²) in [6, 6.07) is 9.65. The van der Waals surface area contributed by atoms with Gasteiger partial charge in [0.1, 0.15) is 10.8 Å². The molecule has 0 aliphatic heterocycles. The Morgan fingerprint density at radius 1 is 1.33 bits per heavy atom. The van der Waals surface area contributed by atoms with Crippen molar-refractivity contribution in [1.82, 2.24) is 4.98 Å². The molecule has 3 N–H and O–H groups in total. The van der Waals surface area contributed by atoms with Crippen LogP contribution in [0.3, 0.4) is 0 Å². The Morgan fingerprint density at radius 3 is 2.78 bits per heavy atom. The number of hydrogen-bond acceptors (Lipinski definition) is 3. The van der Waals surface area contributed by atoms with Crippen LogP contribution in [0.4, 0.5) is 11.5 Å². The molecule has 0 fully saturated rings. The Morgan fingerprint density at radius 2 is 2.11 bits per heavy atom. The molecule has 2 aromatic rings. The quantitative estimate of drug-likeness (QED) is 0.849. The number of aryl methyl sites for hydroxylation is 1. The monoisotopic (exact) mass is 321 g/mol. The number of rotatable bonds is 3. The fourth-order valence-corrected chi connectivity index (χ4v) is 2.16. The number of thiocarbonyl (C=S) groups is 1. The first-order chi connectivity index (χ1) is 8.56. The van der Waals surface area contributed by atoms with E-state index >= 15 is 0 Å². The third-order valence-corrected chi connectivity index (χ3v) is 3.22. The highest BCUT2D eigenvalue weighted by atomic mass is 79.9. The van der Waals surface area contributed by atoms with Gasteiger partial charge in [0.05, 0.1) is 0 Å². The smallest absolute Gasteiger partial charge is 0.130 e. The molecule has 2 rings (SSSR count). The van der Waals surface area contributed by atoms with Crippen molar-refractivity contribution in [3.8, 4) is 0 Å². The number of hydrogen-bond donors (Lipinski definition) is 2. The summed E-state index contributed by atoms with van der Waals surface area (Å²) in [4.78, 5) is 4.61. The van der Waals surface area contributed by atoms with Gasteiger partial charge in [-0.3, -0.25) is 0 Å². The van der Waals surface area contributed by atoms with E-state index < -0.39 is 0 Å². The molecule has 0 spiro atoms. The number of anilines is 2. The first kappa shape index (κ1) is 13.0. The van der Waals surface area contributed by atoms with Gasteiger partial charge in [-0.1, -0.05) is 28.1 Å². The van der Waals surface area contributed by atoms with Crippen molar-refractivity contribution in [2.45, 2.75) is 6.92 Å². The van der Waals surface area contributed by atoms with E-state index in [1.807, 2.05) is 31.2 Å². The normalized spacial score (nSPS) is 10.1. The van der Waals surface area contributed by atoms with E-state index in [2.05, 4.69) is 26.2 Å². The molecular weight excluding hydrogens is 310 g/mol. The van der Waals surface area contributed by atoms with Crippen molar-refractivity contribution in [1.29, 1.82) is 0 Å². The van der Waals surface area contributed by atoms with Crippen LogP contribution < -0.4 is 11.1 Å². The molecule has 0 bridgehead atoms. The van der Waals surface area contributed by atoms with Crippen molar-refractivity contribution in [3.63, 3.8) is 0 Å². The fraction of sp³-hybridized carbons (Fsp3) is 0.0769. The third-order valence-electron chi connectivity index (χ3n) is 2.50. The van der Waals surface area contributed by atoms with E-state index in [4.69, 9.17) is 18.0 Å². The van der Waals surface area contributed by atoms with Gasteiger partial charge in [-0.15, -0.1) is 0 Å². The Labute approximate surface area is 120 Å². The van der Waals surface area contributed by atoms with Gasteiger partial charge in [0.2, 0.25) is 0 Å². The maximum absolute atomic E-state index is 5.60. The number of halogens is 1. The largest absolute Gasteiger partial charge is 0.389 e. The molecule has 0 saturated heterocycles. The second-order valence-electron chi connectivity index (χ2n) is 3.88. The fourth-order valence-electron chi connectivity index (χ4n) is 1.56. The Balaban J connectivity index is 2.28. The maximum Gasteiger partial charge on any atom is 0.130 e. The molecule has 0 saturated carbocycles. The molecule has 0 radical (unpaired) electrons. The highest BCUT2D eigenvalue weighted by Crippen LogP contribution is 2.23. The molecule has 5 heteroatoms. The zero-order chi connectivity index (χ0) is 13.1. The molecule has 0 aliphatic rings. The molecule has 0 amide bonds. The predicted octanol–water partition coefficient (Wildman–Crippen LogP) is 3.53. The van der Waals surface area contributed by atoms with E-state index in [0.717, 1.165) is 27.1 Å². The second kappa shape index (κ2) is 5.46. The van der Waals surface area contributed by atoms with Gasteiger partial charge in [0, 0.05) is 21.9 Å². The van der Waals surface area contributed by atoms with Crippen molar-refractivity contribution >= 4 is 44.6 Å². The summed E-state index contributed by atoms with van der Waals surface area (Å²) in [5, 5.41) is 3.25. The summed E-state index contributed by atoms with van der Waals surface area (Å²) in [5.74, 6) is 0.728. The van der Waals surface area contributed by atoms with Gasteiger partial charge < -0.3 is 11.1 Å². The lowest BCUT2D eigenvalue weighted by Crippen LogP contribution is -2.10. The van der Waals surface area contributed by atoms with E-state index in [-0.39, 0.29) is 0 Å². The average Bonchev–Trinajstić information content (AvgIpc) is 2.33. The summed E-state index contributed by atoms with van der Waals surface area (Å²) in [7, 11) is 0. The number of pyridine rings is 1. The van der Waals surface area contributed by atoms with Crippen LogP contribution in [0.15, 0.2) is 41.0 Å². The van der Waals surface area contributed by atoms with Crippen LogP contribution in [0.25, 0.3) is 0 Å². The van der Waals surface area contributed by atoms with E-state index in [9.17, 15) is 0 Å². The molecule has 0 unspecified atom stereocenters. The SMILES string of the molecule is Cc1cc(Br)ccc1Nc1cc(C(N)=S)ccn1. The number of nitrogens with two attached hydrogens (primary N) is 1. The van der Waals surface area contributed by atoms with Crippen LogP contribution in [0, 0.1) is 6.92 Å². The topological polar surface area (TPSA) is 50.9 Å². The third kappa shape index (κ3) is 3.05. The molecule has 1 aromatic carbocycles. The standard InChI is InChI=1S/C13H12BrN3S/c1-8-6-10(14)2-3-11(8)17-12-7-9(13(15)18)4-5-16-12/h2-7H,1H3,(H2,15,18)(H,16,17). The van der Waals surface area contributed by atoms with Gasteiger partial charge >= 0.3 is 0 Å². The lowest BCUT2D eigenvalue weighted by molar-refractivity contribution is 1.29. The van der Waals surface area contributed by atoms with Crippen LogP contribution in [0.1, 0.15) is 11.1 Å². The Bertz CT molecular complexity index is 599. The Hall–Kier alpha value is -1.46. The minimum atomic E-state index is 0.368. The molecule has 1 aromatic heterocycles. The van der Waals surface area contributed by atoms with Crippen LogP contribution in [0.2, 0.25) is 0 Å². The van der Waals surface area contributed by atoms with Crippen LogP contribution in [-0.4, -0.2) is 9.97 Å². The van der Waals surface area contributed by atoms with E-state index in [1.165, 1.54) is 0 Å². The van der Waals surface area contributed by atoms with Gasteiger partial charge in [-0.2, -0.15) is 0 Å². The Kier molecular flexibility index (Phi) is 3.93. The number of nitrogens with zero attached hydrogens (tertiary/aromatic N) is 1. The lowest BCUT2D eigenvalue weighted by atomic mass is 10.2. The predicted molar refractivity (Wildman–Crippen MR) is 82.3 cm³/mol. The van der Waals surface area contributed by atoms with Crippen LogP contribution in [-0.2, 0) is 0 Å². The molecular formula is C13H12BrN3S. The van der Waals surface area contributed by atoms with Crippen molar-refractivity contribution < 1.29 is 0 Å². The maximum atomic E-state index is 5.60. The zero-order valence-corrected chi connectivity index (χ0v) is 12.2. The van der Waals surface area contributed by atoms with Crippen LogP contribution >= 0.6 is 28.1 Å². The van der Waals surface area contributed by atoms with E-state index in [1.54, 1.807) is 12.3 Å². The van der Waals surface area contributed by atoms with Crippen molar-refractivity contribution in [2.75, 3.05) is 5.32 Å². The zero-order valence-electron chi connectivity index (χ0n) is 9.77. The lowest BCUT2D eigenvalue weighted by Gasteiger charge is -2.10. The molecule has 92 valence electrons. The van der Waals surface area contributed by atoms with Gasteiger partial charge in [-0.25, -0.2) is 4.98 Å². The minimum absolute atomic E-state index is 0.368. The first-order valence-corrected chi connectivity index (χ1v) is 6.55. The van der Waals surface area contributed by atoms with Crippen molar-refractivity contribution in [2.24, 2.45) is 5.73 Å².